The Morgan fingerprint density at radius 3 is 2.48 bits per heavy atom. The van der Waals surface area contributed by atoms with Crippen LogP contribution in [0.1, 0.15) is 0 Å². The van der Waals surface area contributed by atoms with Crippen molar-refractivity contribution < 1.29 is 0 Å². The first-order valence-electron chi connectivity index (χ1n) is 6.10. The summed E-state index contributed by atoms with van der Waals surface area (Å²) in [6, 6.07) is 10.9. The van der Waals surface area contributed by atoms with E-state index < -0.39 is 0 Å². The molecular weight excluding hydrogens is 373 g/mol. The maximum atomic E-state index is 6.01. The molecule has 106 valence electrons. The number of nitrogens with one attached hydrogen (secondary N) is 1. The normalized spacial score (nSPS) is 10.8. The Hall–Kier alpha value is -1.49. The highest BCUT2D eigenvalue weighted by molar-refractivity contribution is 9.10. The molecule has 0 aliphatic rings. The van der Waals surface area contributed by atoms with Gasteiger partial charge in [0.1, 0.15) is 0 Å². The van der Waals surface area contributed by atoms with Crippen LogP contribution in [0.2, 0.25) is 10.0 Å². The standard InChI is InChI=1S/C15H10BrCl2N3/c16-8-3-12-13(19)1-2-14(15(12)20-7-8)21-11-5-9(17)4-10(18)6-11/h1-7,21H,19H2. The summed E-state index contributed by atoms with van der Waals surface area (Å²) >= 11 is 15.4. The van der Waals surface area contributed by atoms with Crippen LogP contribution in [0.5, 0.6) is 0 Å². The van der Waals surface area contributed by atoms with Crippen LogP contribution in [-0.2, 0) is 0 Å². The lowest BCUT2D eigenvalue weighted by molar-refractivity contribution is 1.38. The molecule has 0 fully saturated rings. The van der Waals surface area contributed by atoms with Crippen molar-refractivity contribution in [1.82, 2.24) is 4.98 Å². The summed E-state index contributed by atoms with van der Waals surface area (Å²) in [5, 5.41) is 5.29. The first kappa shape index (κ1) is 14.4. The molecule has 21 heavy (non-hydrogen) atoms. The summed E-state index contributed by atoms with van der Waals surface area (Å²) in [6.45, 7) is 0. The fourth-order valence-corrected chi connectivity index (χ4v) is 2.96. The van der Waals surface area contributed by atoms with E-state index in [1.54, 1.807) is 24.4 Å². The molecule has 0 radical (unpaired) electrons. The monoisotopic (exact) mass is 381 g/mol. The molecule has 3 nitrogen and oxygen atoms in total. The number of nitrogens with zero attached hydrogens (tertiary/aromatic N) is 1. The molecule has 0 aliphatic carbocycles. The molecule has 0 amide bonds. The number of nitrogen functional groups attached to an aromatic ring is 1. The molecule has 0 saturated heterocycles. The molecule has 0 unspecified atom stereocenters. The zero-order chi connectivity index (χ0) is 15.0. The maximum absolute atomic E-state index is 6.01. The van der Waals surface area contributed by atoms with Crippen molar-refractivity contribution in [3.8, 4) is 0 Å². The van der Waals surface area contributed by atoms with E-state index in [4.69, 9.17) is 28.9 Å². The molecule has 3 N–H and O–H groups in total. The van der Waals surface area contributed by atoms with Gasteiger partial charge in [-0.2, -0.15) is 0 Å². The smallest absolute Gasteiger partial charge is 0.0958 e. The lowest BCUT2D eigenvalue weighted by Gasteiger charge is -2.11. The van der Waals surface area contributed by atoms with Gasteiger partial charge in [0.2, 0.25) is 0 Å². The van der Waals surface area contributed by atoms with Gasteiger partial charge in [0.05, 0.1) is 11.2 Å². The van der Waals surface area contributed by atoms with Gasteiger partial charge in [-0.05, 0) is 52.3 Å². The highest BCUT2D eigenvalue weighted by Gasteiger charge is 2.07. The third kappa shape index (κ3) is 3.07. The van der Waals surface area contributed by atoms with E-state index in [1.165, 1.54) is 0 Å². The third-order valence-corrected chi connectivity index (χ3v) is 3.86. The summed E-state index contributed by atoms with van der Waals surface area (Å²) in [4.78, 5) is 4.43. The number of hydrogen-bond acceptors (Lipinski definition) is 3. The number of benzene rings is 2. The zero-order valence-electron chi connectivity index (χ0n) is 10.7. The minimum atomic E-state index is 0.570. The van der Waals surface area contributed by atoms with Gasteiger partial charge in [0, 0.05) is 37.5 Å². The Morgan fingerprint density at radius 1 is 1.05 bits per heavy atom. The minimum absolute atomic E-state index is 0.570. The van der Waals surface area contributed by atoms with Crippen LogP contribution >= 0.6 is 39.1 Å². The molecule has 0 aliphatic heterocycles. The molecule has 0 bridgehead atoms. The van der Waals surface area contributed by atoms with Crippen LogP contribution in [0.3, 0.4) is 0 Å². The van der Waals surface area contributed by atoms with Crippen molar-refractivity contribution in [3.05, 3.63) is 57.1 Å². The fraction of sp³-hybridized carbons (Fsp3) is 0. The number of fused-ring (bicyclic) bond motifs is 1. The molecule has 3 aromatic rings. The summed E-state index contributed by atoms with van der Waals surface area (Å²) in [5.41, 5.74) is 9.10. The summed E-state index contributed by atoms with van der Waals surface area (Å²) < 4.78 is 0.879. The molecule has 0 atom stereocenters. The molecule has 6 heteroatoms. The number of aromatic nitrogens is 1. The van der Waals surface area contributed by atoms with Crippen LogP contribution in [-0.4, -0.2) is 4.98 Å². The third-order valence-electron chi connectivity index (χ3n) is 2.99. The van der Waals surface area contributed by atoms with E-state index in [1.807, 2.05) is 18.2 Å². The average molecular weight is 383 g/mol. The van der Waals surface area contributed by atoms with Gasteiger partial charge in [-0.25, -0.2) is 0 Å². The van der Waals surface area contributed by atoms with Gasteiger partial charge < -0.3 is 11.1 Å². The predicted octanol–water partition coefficient (Wildman–Crippen LogP) is 5.63. The molecule has 3 rings (SSSR count). The van der Waals surface area contributed by atoms with Gasteiger partial charge in [-0.3, -0.25) is 4.98 Å². The SMILES string of the molecule is Nc1ccc(Nc2cc(Cl)cc(Cl)c2)c2ncc(Br)cc12. The largest absolute Gasteiger partial charge is 0.398 e. The van der Waals surface area contributed by atoms with Gasteiger partial charge in [0.25, 0.3) is 0 Å². The predicted molar refractivity (Wildman–Crippen MR) is 93.6 cm³/mol. The Balaban J connectivity index is 2.10. The molecular formula is C15H10BrCl2N3. The van der Waals surface area contributed by atoms with Crippen LogP contribution in [0.4, 0.5) is 17.1 Å². The summed E-state index contributed by atoms with van der Waals surface area (Å²) in [7, 11) is 0. The van der Waals surface area contributed by atoms with E-state index in [0.29, 0.717) is 15.7 Å². The number of pyridine rings is 1. The zero-order valence-corrected chi connectivity index (χ0v) is 13.8. The van der Waals surface area contributed by atoms with E-state index in [2.05, 4.69) is 26.2 Å². The van der Waals surface area contributed by atoms with Crippen LogP contribution in [0.25, 0.3) is 10.9 Å². The molecule has 2 aromatic carbocycles. The second-order valence-corrected chi connectivity index (χ2v) is 6.32. The van der Waals surface area contributed by atoms with Gasteiger partial charge in [-0.15, -0.1) is 0 Å². The Kier molecular flexibility index (Phi) is 3.93. The van der Waals surface area contributed by atoms with E-state index in [-0.39, 0.29) is 0 Å². The first-order chi connectivity index (χ1) is 10.0. The van der Waals surface area contributed by atoms with Crippen LogP contribution in [0.15, 0.2) is 47.1 Å². The highest BCUT2D eigenvalue weighted by Crippen LogP contribution is 2.32. The van der Waals surface area contributed by atoms with Crippen molar-refractivity contribution in [3.63, 3.8) is 0 Å². The van der Waals surface area contributed by atoms with Crippen molar-refractivity contribution in [2.75, 3.05) is 11.1 Å². The van der Waals surface area contributed by atoms with Crippen molar-refractivity contribution in [2.24, 2.45) is 0 Å². The average Bonchev–Trinajstić information content (AvgIpc) is 2.41. The van der Waals surface area contributed by atoms with Gasteiger partial charge in [-0.1, -0.05) is 23.2 Å². The Labute approximate surface area is 140 Å². The number of rotatable bonds is 2. The van der Waals surface area contributed by atoms with Crippen molar-refractivity contribution in [2.45, 2.75) is 0 Å². The number of nitrogens with two attached hydrogens (primary N) is 1. The molecule has 1 aromatic heterocycles. The highest BCUT2D eigenvalue weighted by atomic mass is 79.9. The fourth-order valence-electron chi connectivity index (χ4n) is 2.10. The summed E-state index contributed by atoms with van der Waals surface area (Å²) in [5.74, 6) is 0. The van der Waals surface area contributed by atoms with Crippen molar-refractivity contribution in [1.29, 1.82) is 0 Å². The van der Waals surface area contributed by atoms with Gasteiger partial charge in [0.15, 0.2) is 0 Å². The summed E-state index contributed by atoms with van der Waals surface area (Å²) in [6.07, 6.45) is 1.73. The molecule has 1 heterocycles. The Morgan fingerprint density at radius 2 is 1.76 bits per heavy atom. The lowest BCUT2D eigenvalue weighted by atomic mass is 10.1. The Bertz CT molecular complexity index is 816. The maximum Gasteiger partial charge on any atom is 0.0958 e. The minimum Gasteiger partial charge on any atom is -0.398 e. The quantitative estimate of drug-likeness (QED) is 0.564. The number of halogens is 3. The number of hydrogen-bond donors (Lipinski definition) is 2. The second-order valence-electron chi connectivity index (χ2n) is 4.54. The van der Waals surface area contributed by atoms with E-state index in [9.17, 15) is 0 Å². The van der Waals surface area contributed by atoms with E-state index in [0.717, 1.165) is 26.8 Å². The lowest BCUT2D eigenvalue weighted by Crippen LogP contribution is -1.96. The number of anilines is 3. The van der Waals surface area contributed by atoms with Crippen LogP contribution in [0, 0.1) is 0 Å². The van der Waals surface area contributed by atoms with Gasteiger partial charge >= 0.3 is 0 Å². The second kappa shape index (κ2) is 5.72. The van der Waals surface area contributed by atoms with Crippen molar-refractivity contribution >= 4 is 67.1 Å². The van der Waals surface area contributed by atoms with Crippen LogP contribution < -0.4 is 11.1 Å². The first-order valence-corrected chi connectivity index (χ1v) is 7.65. The molecule has 0 saturated carbocycles. The molecule has 0 spiro atoms. The topological polar surface area (TPSA) is 50.9 Å². The van der Waals surface area contributed by atoms with E-state index >= 15 is 0 Å².